The van der Waals surface area contributed by atoms with Crippen LogP contribution in [0, 0.1) is 0 Å². The molecule has 0 aliphatic carbocycles. The number of aromatic nitrogens is 4. The number of hydrogen-bond acceptors (Lipinski definition) is 5. The van der Waals surface area contributed by atoms with Gasteiger partial charge in [0.1, 0.15) is 12.1 Å². The zero-order valence-electron chi connectivity index (χ0n) is 8.55. The van der Waals surface area contributed by atoms with E-state index in [1.165, 1.54) is 10.7 Å². The molecule has 2 heterocycles. The van der Waals surface area contributed by atoms with Gasteiger partial charge in [-0.1, -0.05) is 12.2 Å². The van der Waals surface area contributed by atoms with Gasteiger partial charge in [-0.25, -0.2) is 19.3 Å². The van der Waals surface area contributed by atoms with Gasteiger partial charge in [-0.05, 0) is 0 Å². The Hall–Kier alpha value is -2.15. The molecule has 0 aromatic carbocycles. The van der Waals surface area contributed by atoms with E-state index in [1.54, 1.807) is 6.07 Å². The van der Waals surface area contributed by atoms with E-state index >= 15 is 0 Å². The number of H-pyrrole nitrogens is 1. The SMILES string of the molecule is NC/C=C/CNc1cc2n[nH]c(=O)n2cn1. The molecule has 16 heavy (non-hydrogen) atoms. The van der Waals surface area contributed by atoms with Gasteiger partial charge in [-0.2, -0.15) is 5.10 Å². The first kappa shape index (κ1) is 10.4. The molecule has 0 radical (unpaired) electrons. The summed E-state index contributed by atoms with van der Waals surface area (Å²) in [6.45, 7) is 1.15. The molecule has 7 heteroatoms. The van der Waals surface area contributed by atoms with E-state index in [2.05, 4.69) is 20.5 Å². The second kappa shape index (κ2) is 4.58. The lowest BCUT2D eigenvalue weighted by Gasteiger charge is -2.01. The molecule has 84 valence electrons. The fraction of sp³-hybridized carbons (Fsp3) is 0.222. The third kappa shape index (κ3) is 2.09. The zero-order valence-corrected chi connectivity index (χ0v) is 8.55. The van der Waals surface area contributed by atoms with Crippen molar-refractivity contribution in [2.45, 2.75) is 0 Å². The van der Waals surface area contributed by atoms with Crippen LogP contribution in [0.1, 0.15) is 0 Å². The first-order valence-corrected chi connectivity index (χ1v) is 4.83. The van der Waals surface area contributed by atoms with Crippen LogP contribution in [-0.2, 0) is 0 Å². The predicted molar refractivity (Wildman–Crippen MR) is 60.3 cm³/mol. The van der Waals surface area contributed by atoms with Gasteiger partial charge in [0, 0.05) is 19.2 Å². The number of rotatable bonds is 4. The summed E-state index contributed by atoms with van der Waals surface area (Å²) in [7, 11) is 0. The van der Waals surface area contributed by atoms with E-state index < -0.39 is 0 Å². The maximum Gasteiger partial charge on any atom is 0.348 e. The average molecular weight is 220 g/mol. The van der Waals surface area contributed by atoms with Crippen molar-refractivity contribution in [3.05, 3.63) is 35.0 Å². The van der Waals surface area contributed by atoms with Gasteiger partial charge in [0.15, 0.2) is 5.65 Å². The molecule has 0 amide bonds. The Morgan fingerprint density at radius 1 is 1.56 bits per heavy atom. The van der Waals surface area contributed by atoms with Crippen LogP contribution in [0.2, 0.25) is 0 Å². The Bertz CT molecular complexity index is 554. The van der Waals surface area contributed by atoms with Crippen LogP contribution in [0.15, 0.2) is 29.3 Å². The summed E-state index contributed by atoms with van der Waals surface area (Å²) in [5.41, 5.74) is 5.54. The van der Waals surface area contributed by atoms with E-state index in [4.69, 9.17) is 5.73 Å². The zero-order chi connectivity index (χ0) is 11.4. The molecule has 4 N–H and O–H groups in total. The topological polar surface area (TPSA) is 101 Å². The molecule has 0 saturated heterocycles. The van der Waals surface area contributed by atoms with Crippen LogP contribution in [0.3, 0.4) is 0 Å². The fourth-order valence-corrected chi connectivity index (χ4v) is 1.25. The molecule has 0 atom stereocenters. The maximum absolute atomic E-state index is 11.1. The lowest BCUT2D eigenvalue weighted by atomic mass is 10.4. The molecule has 0 spiro atoms. The van der Waals surface area contributed by atoms with Gasteiger partial charge in [0.05, 0.1) is 0 Å². The summed E-state index contributed by atoms with van der Waals surface area (Å²) in [6, 6.07) is 1.69. The largest absolute Gasteiger partial charge is 0.366 e. The first-order valence-electron chi connectivity index (χ1n) is 4.83. The molecular formula is C9H12N6O. The van der Waals surface area contributed by atoms with Crippen LogP contribution in [0.4, 0.5) is 5.82 Å². The Morgan fingerprint density at radius 2 is 2.44 bits per heavy atom. The van der Waals surface area contributed by atoms with Crippen molar-refractivity contribution in [2.24, 2.45) is 5.73 Å². The molecule has 2 aromatic heterocycles. The molecular weight excluding hydrogens is 208 g/mol. The minimum Gasteiger partial charge on any atom is -0.366 e. The second-order valence-corrected chi connectivity index (χ2v) is 3.12. The van der Waals surface area contributed by atoms with Crippen LogP contribution in [0.5, 0.6) is 0 Å². The number of hydrogen-bond donors (Lipinski definition) is 3. The molecule has 0 saturated carbocycles. The van der Waals surface area contributed by atoms with Crippen molar-refractivity contribution in [1.82, 2.24) is 19.6 Å². The highest BCUT2D eigenvalue weighted by Gasteiger charge is 2.00. The molecule has 0 bridgehead atoms. The summed E-state index contributed by atoms with van der Waals surface area (Å²) in [5.74, 6) is 0.660. The Morgan fingerprint density at radius 3 is 3.25 bits per heavy atom. The van der Waals surface area contributed by atoms with Crippen LogP contribution in [-0.4, -0.2) is 32.7 Å². The Kier molecular flexibility index (Phi) is 2.97. The third-order valence-electron chi connectivity index (χ3n) is 2.01. The van der Waals surface area contributed by atoms with E-state index in [0.29, 0.717) is 24.6 Å². The van der Waals surface area contributed by atoms with Gasteiger partial charge in [-0.15, -0.1) is 0 Å². The monoisotopic (exact) mass is 220 g/mol. The molecule has 0 aliphatic rings. The fourth-order valence-electron chi connectivity index (χ4n) is 1.25. The van der Waals surface area contributed by atoms with E-state index in [0.717, 1.165) is 0 Å². The number of anilines is 1. The Labute approximate surface area is 91.0 Å². The lowest BCUT2D eigenvalue weighted by molar-refractivity contribution is 0.995. The normalized spacial score (nSPS) is 11.3. The van der Waals surface area contributed by atoms with Crippen molar-refractivity contribution in [2.75, 3.05) is 18.4 Å². The molecule has 7 nitrogen and oxygen atoms in total. The van der Waals surface area contributed by atoms with Gasteiger partial charge >= 0.3 is 5.69 Å². The average Bonchev–Trinajstić information content (AvgIpc) is 2.66. The van der Waals surface area contributed by atoms with Crippen LogP contribution >= 0.6 is 0 Å². The quantitative estimate of drug-likeness (QED) is 0.594. The van der Waals surface area contributed by atoms with E-state index in [9.17, 15) is 4.79 Å². The summed E-state index contributed by atoms with van der Waals surface area (Å²) in [4.78, 5) is 15.2. The van der Waals surface area contributed by atoms with Crippen LogP contribution in [0.25, 0.3) is 5.65 Å². The maximum atomic E-state index is 11.1. The highest BCUT2D eigenvalue weighted by Crippen LogP contribution is 2.03. The molecule has 2 rings (SSSR count). The predicted octanol–water partition coefficient (Wildman–Crippen LogP) is -0.656. The standard InChI is InChI=1S/C9H12N6O/c10-3-1-2-4-11-7-5-8-13-14-9(16)15(8)6-12-7/h1-2,5-6,11H,3-4,10H2,(H,14,16)/b2-1+. The number of nitrogens with two attached hydrogens (primary N) is 1. The van der Waals surface area contributed by atoms with Gasteiger partial charge < -0.3 is 11.1 Å². The van der Waals surface area contributed by atoms with Crippen molar-refractivity contribution in [3.63, 3.8) is 0 Å². The highest BCUT2D eigenvalue weighted by atomic mass is 16.1. The first-order chi connectivity index (χ1) is 7.81. The number of nitrogens with zero attached hydrogens (tertiary/aromatic N) is 3. The lowest BCUT2D eigenvalue weighted by Crippen LogP contribution is -2.10. The van der Waals surface area contributed by atoms with Crippen LogP contribution < -0.4 is 16.7 Å². The Balaban J connectivity index is 2.14. The molecule has 0 unspecified atom stereocenters. The van der Waals surface area contributed by atoms with Crippen molar-refractivity contribution in [1.29, 1.82) is 0 Å². The molecule has 2 aromatic rings. The molecule has 0 aliphatic heterocycles. The van der Waals surface area contributed by atoms with Gasteiger partial charge in [0.2, 0.25) is 0 Å². The molecule has 0 fully saturated rings. The second-order valence-electron chi connectivity index (χ2n) is 3.12. The highest BCUT2D eigenvalue weighted by molar-refractivity contribution is 5.48. The smallest absolute Gasteiger partial charge is 0.348 e. The number of aromatic amines is 1. The van der Waals surface area contributed by atoms with E-state index in [1.807, 2.05) is 12.2 Å². The third-order valence-corrected chi connectivity index (χ3v) is 2.01. The summed E-state index contributed by atoms with van der Waals surface area (Å²) in [5, 5.41) is 9.23. The minimum absolute atomic E-state index is 0.294. The van der Waals surface area contributed by atoms with Crippen molar-refractivity contribution >= 4 is 11.5 Å². The van der Waals surface area contributed by atoms with Crippen molar-refractivity contribution in [3.8, 4) is 0 Å². The summed E-state index contributed by atoms with van der Waals surface area (Å²) >= 11 is 0. The van der Waals surface area contributed by atoms with Gasteiger partial charge in [0.25, 0.3) is 0 Å². The van der Waals surface area contributed by atoms with Gasteiger partial charge in [-0.3, -0.25) is 0 Å². The number of nitrogens with one attached hydrogen (secondary N) is 2. The summed E-state index contributed by atoms with van der Waals surface area (Å²) < 4.78 is 1.33. The van der Waals surface area contributed by atoms with Crippen molar-refractivity contribution < 1.29 is 0 Å². The number of fused-ring (bicyclic) bond motifs is 1. The summed E-state index contributed by atoms with van der Waals surface area (Å²) in [6.07, 6.45) is 5.18. The van der Waals surface area contributed by atoms with E-state index in [-0.39, 0.29) is 5.69 Å². The minimum atomic E-state index is -0.294.